The molecule has 1 saturated heterocycles. The molecule has 0 bridgehead atoms. The van der Waals surface area contributed by atoms with E-state index in [2.05, 4.69) is 9.88 Å². The van der Waals surface area contributed by atoms with E-state index in [-0.39, 0.29) is 24.1 Å². The number of nitrogens with zero attached hydrogens (tertiary/aromatic N) is 4. The average Bonchev–Trinajstić information content (AvgIpc) is 3.22. The topological polar surface area (TPSA) is 66.0 Å². The van der Waals surface area contributed by atoms with Crippen LogP contribution in [0, 0.1) is 0 Å². The van der Waals surface area contributed by atoms with Gasteiger partial charge in [0, 0.05) is 43.8 Å². The van der Waals surface area contributed by atoms with Crippen molar-refractivity contribution in [2.75, 3.05) is 38.2 Å². The maximum atomic E-state index is 13.4. The fraction of sp³-hybridized carbons (Fsp3) is 0.722. The van der Waals surface area contributed by atoms with Crippen LogP contribution in [0.15, 0.2) is 11.6 Å². The van der Waals surface area contributed by atoms with Crippen molar-refractivity contribution in [2.24, 2.45) is 0 Å². The molecule has 3 rings (SSSR count). The first-order chi connectivity index (χ1) is 12.6. The molecule has 2 fully saturated rings. The predicted octanol–water partition coefficient (Wildman–Crippen LogP) is 2.58. The molecule has 144 valence electrons. The van der Waals surface area contributed by atoms with Crippen LogP contribution in [0.5, 0.6) is 0 Å². The van der Waals surface area contributed by atoms with Crippen LogP contribution in [0.2, 0.25) is 0 Å². The van der Waals surface area contributed by atoms with Crippen molar-refractivity contribution < 1.29 is 14.3 Å². The Morgan fingerprint density at radius 3 is 2.50 bits per heavy atom. The molecule has 1 aliphatic carbocycles. The number of methoxy groups -OCH3 is 1. The van der Waals surface area contributed by atoms with E-state index in [4.69, 9.17) is 4.74 Å². The maximum Gasteiger partial charge on any atom is 0.409 e. The summed E-state index contributed by atoms with van der Waals surface area (Å²) >= 11 is 1.53. The molecule has 7 nitrogen and oxygen atoms in total. The van der Waals surface area contributed by atoms with Gasteiger partial charge in [0.2, 0.25) is 5.91 Å². The Morgan fingerprint density at radius 2 is 1.92 bits per heavy atom. The van der Waals surface area contributed by atoms with Crippen molar-refractivity contribution in [3.63, 3.8) is 0 Å². The molecule has 0 radical (unpaired) electrons. The summed E-state index contributed by atoms with van der Waals surface area (Å²) in [5.41, 5.74) is 0. The number of thiazole rings is 1. The highest BCUT2D eigenvalue weighted by molar-refractivity contribution is 7.13. The number of amides is 2. The predicted molar refractivity (Wildman–Crippen MR) is 101 cm³/mol. The summed E-state index contributed by atoms with van der Waals surface area (Å²) in [6.45, 7) is 4.51. The lowest BCUT2D eigenvalue weighted by atomic mass is 9.94. The first kappa shape index (κ1) is 19.1. The van der Waals surface area contributed by atoms with Gasteiger partial charge >= 0.3 is 6.09 Å². The second-order valence-corrected chi connectivity index (χ2v) is 7.86. The van der Waals surface area contributed by atoms with E-state index >= 15 is 0 Å². The van der Waals surface area contributed by atoms with Crippen molar-refractivity contribution >= 4 is 28.5 Å². The minimum absolute atomic E-state index is 0.123. The first-order valence-corrected chi connectivity index (χ1v) is 10.3. The van der Waals surface area contributed by atoms with E-state index < -0.39 is 0 Å². The normalized spacial score (nSPS) is 20.6. The highest BCUT2D eigenvalue weighted by Gasteiger charge is 2.35. The summed E-state index contributed by atoms with van der Waals surface area (Å²) in [7, 11) is 1.40. The lowest BCUT2D eigenvalue weighted by molar-refractivity contribution is -0.124. The van der Waals surface area contributed by atoms with Crippen LogP contribution in [-0.4, -0.2) is 72.2 Å². The van der Waals surface area contributed by atoms with Crippen molar-refractivity contribution in [3.8, 4) is 0 Å². The van der Waals surface area contributed by atoms with Crippen LogP contribution in [-0.2, 0) is 9.53 Å². The molecule has 26 heavy (non-hydrogen) atoms. The number of ether oxygens (including phenoxy) is 1. The smallest absolute Gasteiger partial charge is 0.409 e. The fourth-order valence-corrected chi connectivity index (χ4v) is 4.60. The number of carbonyl (C=O) groups is 2. The van der Waals surface area contributed by atoms with Gasteiger partial charge in [-0.15, -0.1) is 11.3 Å². The van der Waals surface area contributed by atoms with Gasteiger partial charge in [-0.2, -0.15) is 0 Å². The van der Waals surface area contributed by atoms with Crippen LogP contribution in [0.3, 0.4) is 0 Å². The Hall–Kier alpha value is -1.67. The lowest BCUT2D eigenvalue weighted by Gasteiger charge is -2.40. The molecular weight excluding hydrogens is 352 g/mol. The standard InChI is InChI=1S/C18H28N4O3S/c1-14(20-9-11-21(12-10-20)18(24)25-2)16(23)22(17-19-8-13-26-17)15-6-4-3-5-7-15/h8,13-15H,3-7,9-12H2,1-2H3. The molecular formula is C18H28N4O3S. The van der Waals surface area contributed by atoms with Crippen LogP contribution in [0.4, 0.5) is 9.93 Å². The quantitative estimate of drug-likeness (QED) is 0.803. The Balaban J connectivity index is 1.67. The average molecular weight is 381 g/mol. The van der Waals surface area contributed by atoms with Gasteiger partial charge in [0.25, 0.3) is 0 Å². The van der Waals surface area contributed by atoms with Crippen molar-refractivity contribution in [1.82, 2.24) is 14.8 Å². The van der Waals surface area contributed by atoms with Crippen molar-refractivity contribution in [3.05, 3.63) is 11.6 Å². The molecule has 0 N–H and O–H groups in total. The van der Waals surface area contributed by atoms with Crippen molar-refractivity contribution in [2.45, 2.75) is 51.1 Å². The minimum Gasteiger partial charge on any atom is -0.453 e. The van der Waals surface area contributed by atoms with Crippen LogP contribution < -0.4 is 4.90 Å². The van der Waals surface area contributed by atoms with E-state index in [1.807, 2.05) is 17.2 Å². The molecule has 1 aromatic rings. The van der Waals surface area contributed by atoms with Gasteiger partial charge < -0.3 is 9.64 Å². The highest BCUT2D eigenvalue weighted by atomic mass is 32.1. The van der Waals surface area contributed by atoms with Gasteiger partial charge in [-0.05, 0) is 19.8 Å². The van der Waals surface area contributed by atoms with Gasteiger partial charge in [-0.1, -0.05) is 19.3 Å². The molecule has 1 saturated carbocycles. The molecule has 1 atom stereocenters. The second kappa shape index (κ2) is 8.81. The Kier molecular flexibility index (Phi) is 6.48. The fourth-order valence-electron chi connectivity index (χ4n) is 3.88. The molecule has 0 aromatic carbocycles. The number of hydrogen-bond acceptors (Lipinski definition) is 6. The van der Waals surface area contributed by atoms with Gasteiger partial charge in [0.1, 0.15) is 0 Å². The van der Waals surface area contributed by atoms with Crippen LogP contribution >= 0.6 is 11.3 Å². The largest absolute Gasteiger partial charge is 0.453 e. The lowest BCUT2D eigenvalue weighted by Crippen LogP contribution is -2.57. The number of rotatable bonds is 4. The second-order valence-electron chi connectivity index (χ2n) is 6.98. The minimum atomic E-state index is -0.296. The number of anilines is 1. The third-order valence-corrected chi connectivity index (χ3v) is 6.23. The molecule has 1 aliphatic heterocycles. The van der Waals surface area contributed by atoms with E-state index in [0.717, 1.165) is 18.0 Å². The zero-order valence-electron chi connectivity index (χ0n) is 15.6. The number of hydrogen-bond donors (Lipinski definition) is 0. The maximum absolute atomic E-state index is 13.4. The van der Waals surface area contributed by atoms with Gasteiger partial charge in [-0.25, -0.2) is 9.78 Å². The molecule has 1 unspecified atom stereocenters. The third-order valence-electron chi connectivity index (χ3n) is 5.45. The Labute approximate surface area is 158 Å². The van der Waals surface area contributed by atoms with Gasteiger partial charge in [0.05, 0.1) is 13.2 Å². The zero-order chi connectivity index (χ0) is 18.5. The Morgan fingerprint density at radius 1 is 1.23 bits per heavy atom. The van der Waals surface area contributed by atoms with E-state index in [0.29, 0.717) is 26.2 Å². The summed E-state index contributed by atoms with van der Waals surface area (Å²) in [5.74, 6) is 0.123. The van der Waals surface area contributed by atoms with Gasteiger partial charge in [0.15, 0.2) is 5.13 Å². The SMILES string of the molecule is COC(=O)N1CCN(C(C)C(=O)N(c2nccs2)C2CCCCC2)CC1. The van der Waals surface area contributed by atoms with Crippen LogP contribution in [0.25, 0.3) is 0 Å². The third kappa shape index (κ3) is 4.17. The van der Waals surface area contributed by atoms with Gasteiger partial charge in [-0.3, -0.25) is 14.6 Å². The Bertz CT molecular complexity index is 596. The number of piperazine rings is 1. The van der Waals surface area contributed by atoms with E-state index in [1.165, 1.54) is 37.7 Å². The zero-order valence-corrected chi connectivity index (χ0v) is 16.4. The summed E-state index contributed by atoms with van der Waals surface area (Å²) in [6, 6.07) is 0.0295. The number of carbonyl (C=O) groups excluding carboxylic acids is 2. The summed E-state index contributed by atoms with van der Waals surface area (Å²) in [4.78, 5) is 35.2. The van der Waals surface area contributed by atoms with Crippen LogP contribution in [0.1, 0.15) is 39.0 Å². The van der Waals surface area contributed by atoms with Crippen molar-refractivity contribution in [1.29, 1.82) is 0 Å². The highest BCUT2D eigenvalue weighted by Crippen LogP contribution is 2.30. The summed E-state index contributed by atoms with van der Waals surface area (Å²) < 4.78 is 4.79. The van der Waals surface area contributed by atoms with E-state index in [1.54, 1.807) is 11.1 Å². The molecule has 8 heteroatoms. The monoisotopic (exact) mass is 380 g/mol. The summed E-state index contributed by atoms with van der Waals surface area (Å²) in [5, 5.41) is 2.74. The molecule has 0 spiro atoms. The molecule has 2 amide bonds. The summed E-state index contributed by atoms with van der Waals surface area (Å²) in [6.07, 6.45) is 7.17. The molecule has 2 aliphatic rings. The van der Waals surface area contributed by atoms with E-state index in [9.17, 15) is 9.59 Å². The first-order valence-electron chi connectivity index (χ1n) is 9.41. The number of aromatic nitrogens is 1. The molecule has 2 heterocycles. The molecule has 1 aromatic heterocycles.